The quantitative estimate of drug-likeness (QED) is 0.812. The zero-order chi connectivity index (χ0) is 16.1. The lowest BCUT2D eigenvalue weighted by atomic mass is 10.1. The lowest BCUT2D eigenvalue weighted by Crippen LogP contribution is -2.32. The van der Waals surface area contributed by atoms with E-state index in [0.717, 1.165) is 49.2 Å². The Morgan fingerprint density at radius 3 is 2.74 bits per heavy atom. The monoisotopic (exact) mass is 312 g/mol. The van der Waals surface area contributed by atoms with Crippen molar-refractivity contribution in [2.45, 2.75) is 38.5 Å². The van der Waals surface area contributed by atoms with E-state index < -0.39 is 0 Å². The van der Waals surface area contributed by atoms with E-state index in [2.05, 4.69) is 5.16 Å². The lowest BCUT2D eigenvalue weighted by molar-refractivity contribution is -0.134. The Labute approximate surface area is 137 Å². The molecule has 1 fully saturated rings. The summed E-state index contributed by atoms with van der Waals surface area (Å²) in [4.78, 5) is 14.1. The zero-order valence-electron chi connectivity index (χ0n) is 13.7. The largest absolute Gasteiger partial charge is 0.361 e. The van der Waals surface area contributed by atoms with Crippen LogP contribution in [0.4, 0.5) is 0 Å². The van der Waals surface area contributed by atoms with Crippen LogP contribution in [0.15, 0.2) is 40.9 Å². The van der Waals surface area contributed by atoms with Crippen molar-refractivity contribution in [2.75, 3.05) is 13.6 Å². The molecule has 2 aromatic rings. The van der Waals surface area contributed by atoms with Gasteiger partial charge in [0, 0.05) is 37.6 Å². The number of aromatic nitrogens is 1. The first-order valence-corrected chi connectivity index (χ1v) is 8.50. The summed E-state index contributed by atoms with van der Waals surface area (Å²) in [5.41, 5.74) is 1.94. The van der Waals surface area contributed by atoms with Crippen LogP contribution in [0.5, 0.6) is 0 Å². The average molecular weight is 312 g/mol. The first kappa shape index (κ1) is 15.8. The van der Waals surface area contributed by atoms with Crippen molar-refractivity contribution >= 4 is 5.91 Å². The molecule has 0 spiro atoms. The van der Waals surface area contributed by atoms with Gasteiger partial charge in [0.05, 0.1) is 0 Å². The number of carbonyl (C=O) groups excluding carboxylic acids is 1. The average Bonchev–Trinajstić information content (AvgIpc) is 3.27. The first-order valence-electron chi connectivity index (χ1n) is 8.50. The van der Waals surface area contributed by atoms with Crippen LogP contribution in [0, 0.1) is 5.92 Å². The van der Waals surface area contributed by atoms with Crippen LogP contribution in [-0.2, 0) is 11.2 Å². The number of benzene rings is 1. The summed E-state index contributed by atoms with van der Waals surface area (Å²) in [6.45, 7) is 0.775. The van der Waals surface area contributed by atoms with Crippen LogP contribution in [0.3, 0.4) is 0 Å². The molecule has 0 bridgehead atoms. The molecule has 1 amide bonds. The third kappa shape index (κ3) is 4.01. The van der Waals surface area contributed by atoms with Crippen LogP contribution in [0.2, 0.25) is 0 Å². The Bertz CT molecular complexity index is 630. The highest BCUT2D eigenvalue weighted by molar-refractivity contribution is 5.78. The molecule has 0 aliphatic heterocycles. The Morgan fingerprint density at radius 1 is 1.26 bits per heavy atom. The number of hydrogen-bond acceptors (Lipinski definition) is 3. The second kappa shape index (κ2) is 7.44. The highest BCUT2D eigenvalue weighted by Gasteiger charge is 2.25. The lowest BCUT2D eigenvalue weighted by Gasteiger charge is -2.20. The van der Waals surface area contributed by atoms with Gasteiger partial charge in [0.15, 0.2) is 0 Å². The van der Waals surface area contributed by atoms with E-state index in [0.29, 0.717) is 5.91 Å². The molecule has 1 aliphatic rings. The summed E-state index contributed by atoms with van der Waals surface area (Å²) < 4.78 is 5.41. The predicted octanol–water partition coefficient (Wildman–Crippen LogP) is 3.92. The Morgan fingerprint density at radius 2 is 2.00 bits per heavy atom. The summed E-state index contributed by atoms with van der Waals surface area (Å²) in [6, 6.07) is 12.0. The molecule has 1 aromatic heterocycles. The summed E-state index contributed by atoms with van der Waals surface area (Å²) in [5, 5.41) is 4.13. The van der Waals surface area contributed by atoms with Crippen molar-refractivity contribution in [3.05, 3.63) is 42.2 Å². The van der Waals surface area contributed by atoms with Crippen molar-refractivity contribution in [1.82, 2.24) is 10.1 Å². The van der Waals surface area contributed by atoms with Gasteiger partial charge in [-0.2, -0.15) is 0 Å². The van der Waals surface area contributed by atoms with E-state index in [1.807, 2.05) is 48.3 Å². The van der Waals surface area contributed by atoms with Crippen molar-refractivity contribution in [2.24, 2.45) is 5.92 Å². The molecule has 3 rings (SSSR count). The molecule has 0 radical (unpaired) electrons. The molecule has 1 heterocycles. The van der Waals surface area contributed by atoms with Gasteiger partial charge in [-0.15, -0.1) is 0 Å². The van der Waals surface area contributed by atoms with Crippen molar-refractivity contribution in [3.8, 4) is 11.3 Å². The fourth-order valence-electron chi connectivity index (χ4n) is 3.26. The normalized spacial score (nSPS) is 15.0. The highest BCUT2D eigenvalue weighted by atomic mass is 16.5. The van der Waals surface area contributed by atoms with Crippen LogP contribution in [-0.4, -0.2) is 29.6 Å². The molecule has 1 saturated carbocycles. The summed E-state index contributed by atoms with van der Waals surface area (Å²) in [6.07, 6.45) is 6.23. The smallest absolute Gasteiger partial charge is 0.225 e. The maximum Gasteiger partial charge on any atom is 0.225 e. The summed E-state index contributed by atoms with van der Waals surface area (Å²) in [7, 11) is 1.91. The van der Waals surface area contributed by atoms with Crippen molar-refractivity contribution < 1.29 is 9.32 Å². The van der Waals surface area contributed by atoms with Gasteiger partial charge in [-0.1, -0.05) is 48.3 Å². The Balaban J connectivity index is 1.47. The molecule has 23 heavy (non-hydrogen) atoms. The second-order valence-corrected chi connectivity index (χ2v) is 6.39. The second-order valence-electron chi connectivity index (χ2n) is 6.39. The van der Waals surface area contributed by atoms with Gasteiger partial charge in [-0.25, -0.2) is 0 Å². The van der Waals surface area contributed by atoms with E-state index in [9.17, 15) is 4.79 Å². The van der Waals surface area contributed by atoms with E-state index in [-0.39, 0.29) is 5.92 Å². The number of rotatable bonds is 6. The molecule has 4 nitrogen and oxygen atoms in total. The molecule has 0 atom stereocenters. The van der Waals surface area contributed by atoms with Gasteiger partial charge in [0.2, 0.25) is 5.91 Å². The molecule has 0 N–H and O–H groups in total. The van der Waals surface area contributed by atoms with Crippen LogP contribution < -0.4 is 0 Å². The highest BCUT2D eigenvalue weighted by Crippen LogP contribution is 2.26. The number of aryl methyl sites for hydroxylation is 1. The number of carbonyl (C=O) groups is 1. The minimum Gasteiger partial charge on any atom is -0.361 e. The third-order valence-electron chi connectivity index (χ3n) is 4.63. The van der Waals surface area contributed by atoms with Gasteiger partial charge in [0.25, 0.3) is 0 Å². The van der Waals surface area contributed by atoms with Gasteiger partial charge < -0.3 is 9.42 Å². The summed E-state index contributed by atoms with van der Waals surface area (Å²) in [5.74, 6) is 1.45. The molecule has 4 heteroatoms. The topological polar surface area (TPSA) is 46.3 Å². The SMILES string of the molecule is CN(CCCc1cc(-c2ccccc2)no1)C(=O)C1CCCC1. The summed E-state index contributed by atoms with van der Waals surface area (Å²) >= 11 is 0. The number of nitrogens with zero attached hydrogens (tertiary/aromatic N) is 2. The molecule has 0 unspecified atom stereocenters. The van der Waals surface area contributed by atoms with Gasteiger partial charge in [0.1, 0.15) is 11.5 Å². The molecular formula is C19H24N2O2. The van der Waals surface area contributed by atoms with E-state index in [4.69, 9.17) is 4.52 Å². The Kier molecular flexibility index (Phi) is 5.11. The fraction of sp³-hybridized carbons (Fsp3) is 0.474. The predicted molar refractivity (Wildman–Crippen MR) is 89.9 cm³/mol. The first-order chi connectivity index (χ1) is 11.2. The maximum absolute atomic E-state index is 12.3. The van der Waals surface area contributed by atoms with Crippen molar-refractivity contribution in [3.63, 3.8) is 0 Å². The van der Waals surface area contributed by atoms with Gasteiger partial charge in [-0.05, 0) is 19.3 Å². The number of amides is 1. The van der Waals surface area contributed by atoms with E-state index >= 15 is 0 Å². The standard InChI is InChI=1S/C19H24N2O2/c1-21(19(22)16-10-5-6-11-16)13-7-12-17-14-18(20-23-17)15-8-3-2-4-9-15/h2-4,8-9,14,16H,5-7,10-13H2,1H3. The van der Waals surface area contributed by atoms with Crippen LogP contribution >= 0.6 is 0 Å². The Hall–Kier alpha value is -2.10. The minimum absolute atomic E-state index is 0.259. The van der Waals surface area contributed by atoms with Gasteiger partial charge >= 0.3 is 0 Å². The van der Waals surface area contributed by atoms with E-state index in [1.54, 1.807) is 0 Å². The van der Waals surface area contributed by atoms with Crippen LogP contribution in [0.25, 0.3) is 11.3 Å². The minimum atomic E-state index is 0.259. The molecule has 1 aliphatic carbocycles. The van der Waals surface area contributed by atoms with Crippen LogP contribution in [0.1, 0.15) is 37.9 Å². The fourth-order valence-corrected chi connectivity index (χ4v) is 3.26. The van der Waals surface area contributed by atoms with E-state index in [1.165, 1.54) is 12.8 Å². The van der Waals surface area contributed by atoms with Crippen molar-refractivity contribution in [1.29, 1.82) is 0 Å². The molecular weight excluding hydrogens is 288 g/mol. The molecule has 122 valence electrons. The maximum atomic E-state index is 12.3. The molecule has 0 saturated heterocycles. The molecule has 1 aromatic carbocycles. The third-order valence-corrected chi connectivity index (χ3v) is 4.63. The van der Waals surface area contributed by atoms with Gasteiger partial charge in [-0.3, -0.25) is 4.79 Å². The number of hydrogen-bond donors (Lipinski definition) is 0. The zero-order valence-corrected chi connectivity index (χ0v) is 13.7.